The zero-order valence-corrected chi connectivity index (χ0v) is 12.6. The van der Waals surface area contributed by atoms with E-state index in [4.69, 9.17) is 0 Å². The van der Waals surface area contributed by atoms with E-state index in [1.165, 1.54) is 0 Å². The van der Waals surface area contributed by atoms with Crippen LogP contribution >= 0.6 is 11.3 Å². The molecule has 0 fully saturated rings. The Morgan fingerprint density at radius 1 is 1.14 bits per heavy atom. The Morgan fingerprint density at radius 2 is 2.00 bits per heavy atom. The van der Waals surface area contributed by atoms with Gasteiger partial charge in [0.1, 0.15) is 16.4 Å². The average Bonchev–Trinajstić information content (AvgIpc) is 3.16. The standard InChI is InChI=1S/C16H14N4OS/c21-15-13-11(7-4-8-17-15)18-14(20-13)12-9-22-16(19-12)10-5-2-1-3-6-10/h1-3,5-6,9H,4,7-8H2,(H,17,21)(H,18,20). The molecule has 2 N–H and O–H groups in total. The largest absolute Gasteiger partial charge is 0.351 e. The molecule has 0 spiro atoms. The van der Waals surface area contributed by atoms with Crippen LogP contribution in [0.15, 0.2) is 35.7 Å². The summed E-state index contributed by atoms with van der Waals surface area (Å²) in [7, 11) is 0. The smallest absolute Gasteiger partial charge is 0.271 e. The number of amides is 1. The summed E-state index contributed by atoms with van der Waals surface area (Å²) in [6.45, 7) is 0.702. The number of nitrogens with one attached hydrogen (secondary N) is 2. The molecule has 1 amide bonds. The Balaban J connectivity index is 1.70. The first-order chi connectivity index (χ1) is 10.8. The van der Waals surface area contributed by atoms with Crippen molar-refractivity contribution in [2.45, 2.75) is 12.8 Å². The SMILES string of the molecule is O=C1NCCCc2[nH]c(-c3csc(-c4ccccc4)n3)nc21. The van der Waals surface area contributed by atoms with Crippen LogP contribution in [0, 0.1) is 0 Å². The molecule has 3 aromatic rings. The van der Waals surface area contributed by atoms with E-state index in [-0.39, 0.29) is 5.91 Å². The molecule has 5 nitrogen and oxygen atoms in total. The van der Waals surface area contributed by atoms with Crippen molar-refractivity contribution < 1.29 is 4.79 Å². The van der Waals surface area contributed by atoms with Gasteiger partial charge in [0.15, 0.2) is 5.82 Å². The highest BCUT2D eigenvalue weighted by molar-refractivity contribution is 7.13. The molecule has 0 saturated carbocycles. The first kappa shape index (κ1) is 13.2. The third-order valence-electron chi connectivity index (χ3n) is 3.65. The summed E-state index contributed by atoms with van der Waals surface area (Å²) >= 11 is 1.58. The Kier molecular flexibility index (Phi) is 3.23. The monoisotopic (exact) mass is 310 g/mol. The molecule has 0 bridgehead atoms. The normalized spacial score (nSPS) is 14.3. The first-order valence-corrected chi connectivity index (χ1v) is 8.07. The van der Waals surface area contributed by atoms with E-state index in [1.54, 1.807) is 11.3 Å². The fraction of sp³-hybridized carbons (Fsp3) is 0.188. The maximum atomic E-state index is 12.0. The number of aromatic nitrogens is 3. The number of thiazole rings is 1. The lowest BCUT2D eigenvalue weighted by Crippen LogP contribution is -2.23. The average molecular weight is 310 g/mol. The van der Waals surface area contributed by atoms with Crippen LogP contribution in [0.4, 0.5) is 0 Å². The maximum absolute atomic E-state index is 12.0. The number of imidazole rings is 1. The molecule has 0 unspecified atom stereocenters. The molecule has 0 saturated heterocycles. The van der Waals surface area contributed by atoms with Crippen molar-refractivity contribution in [2.75, 3.05) is 6.54 Å². The highest BCUT2D eigenvalue weighted by Crippen LogP contribution is 2.28. The number of aryl methyl sites for hydroxylation is 1. The maximum Gasteiger partial charge on any atom is 0.271 e. The number of carbonyl (C=O) groups is 1. The van der Waals surface area contributed by atoms with Crippen molar-refractivity contribution >= 4 is 17.2 Å². The molecule has 1 aliphatic heterocycles. The van der Waals surface area contributed by atoms with E-state index in [0.29, 0.717) is 18.1 Å². The zero-order chi connectivity index (χ0) is 14.9. The van der Waals surface area contributed by atoms with Gasteiger partial charge in [0.2, 0.25) is 0 Å². The molecule has 3 heterocycles. The van der Waals surface area contributed by atoms with Gasteiger partial charge in [0.25, 0.3) is 5.91 Å². The molecule has 1 aliphatic rings. The Morgan fingerprint density at radius 3 is 2.86 bits per heavy atom. The van der Waals surface area contributed by atoms with E-state index in [0.717, 1.165) is 34.8 Å². The minimum absolute atomic E-state index is 0.103. The van der Waals surface area contributed by atoms with Crippen LogP contribution in [0.25, 0.3) is 22.1 Å². The molecule has 0 aliphatic carbocycles. The van der Waals surface area contributed by atoms with Gasteiger partial charge in [-0.3, -0.25) is 4.79 Å². The zero-order valence-electron chi connectivity index (χ0n) is 11.8. The Labute approximate surface area is 131 Å². The van der Waals surface area contributed by atoms with Crippen LogP contribution in [0.1, 0.15) is 22.6 Å². The minimum atomic E-state index is -0.103. The van der Waals surface area contributed by atoms with Gasteiger partial charge < -0.3 is 10.3 Å². The number of hydrogen-bond acceptors (Lipinski definition) is 4. The van der Waals surface area contributed by atoms with E-state index >= 15 is 0 Å². The van der Waals surface area contributed by atoms with Gasteiger partial charge in [-0.1, -0.05) is 30.3 Å². The van der Waals surface area contributed by atoms with Crippen molar-refractivity contribution in [1.82, 2.24) is 20.3 Å². The lowest BCUT2D eigenvalue weighted by atomic mass is 10.2. The molecular formula is C16H14N4OS. The molecule has 22 heavy (non-hydrogen) atoms. The highest BCUT2D eigenvalue weighted by Gasteiger charge is 2.21. The van der Waals surface area contributed by atoms with Crippen LogP contribution in [-0.2, 0) is 6.42 Å². The summed E-state index contributed by atoms with van der Waals surface area (Å²) in [5.74, 6) is 0.564. The first-order valence-electron chi connectivity index (χ1n) is 7.19. The second kappa shape index (κ2) is 5.38. The van der Waals surface area contributed by atoms with E-state index in [1.807, 2.05) is 35.7 Å². The number of rotatable bonds is 2. The summed E-state index contributed by atoms with van der Waals surface area (Å²) < 4.78 is 0. The third-order valence-corrected chi connectivity index (χ3v) is 4.54. The fourth-order valence-electron chi connectivity index (χ4n) is 2.55. The van der Waals surface area contributed by atoms with E-state index in [9.17, 15) is 4.79 Å². The van der Waals surface area contributed by atoms with Gasteiger partial charge in [-0.05, 0) is 12.8 Å². The van der Waals surface area contributed by atoms with Crippen LogP contribution in [0.5, 0.6) is 0 Å². The van der Waals surface area contributed by atoms with Gasteiger partial charge >= 0.3 is 0 Å². The summed E-state index contributed by atoms with van der Waals surface area (Å²) in [4.78, 5) is 24.3. The molecular weight excluding hydrogens is 296 g/mol. The second-order valence-corrected chi connectivity index (χ2v) is 6.03. The van der Waals surface area contributed by atoms with Crippen molar-refractivity contribution in [3.8, 4) is 22.1 Å². The third kappa shape index (κ3) is 2.31. The molecule has 0 radical (unpaired) electrons. The molecule has 110 valence electrons. The number of benzene rings is 1. The summed E-state index contributed by atoms with van der Waals surface area (Å²) in [6.07, 6.45) is 1.75. The quantitative estimate of drug-likeness (QED) is 0.764. The second-order valence-electron chi connectivity index (χ2n) is 5.18. The summed E-state index contributed by atoms with van der Waals surface area (Å²) in [6, 6.07) is 10.0. The summed E-state index contributed by atoms with van der Waals surface area (Å²) in [5, 5.41) is 5.78. The predicted octanol–water partition coefficient (Wildman–Crippen LogP) is 2.88. The lowest BCUT2D eigenvalue weighted by molar-refractivity contribution is 0.0951. The topological polar surface area (TPSA) is 70.7 Å². The number of fused-ring (bicyclic) bond motifs is 1. The molecule has 0 atom stereocenters. The van der Waals surface area contributed by atoms with Crippen LogP contribution in [-0.4, -0.2) is 27.4 Å². The summed E-state index contributed by atoms with van der Waals surface area (Å²) in [5.41, 5.74) is 3.27. The van der Waals surface area contributed by atoms with Crippen LogP contribution in [0.3, 0.4) is 0 Å². The van der Waals surface area contributed by atoms with Crippen LogP contribution in [0.2, 0.25) is 0 Å². The van der Waals surface area contributed by atoms with Gasteiger partial charge in [-0.2, -0.15) is 0 Å². The van der Waals surface area contributed by atoms with Gasteiger partial charge in [0.05, 0.1) is 0 Å². The molecule has 4 rings (SSSR count). The van der Waals surface area contributed by atoms with Crippen molar-refractivity contribution in [3.63, 3.8) is 0 Å². The van der Waals surface area contributed by atoms with Gasteiger partial charge in [0, 0.05) is 23.2 Å². The van der Waals surface area contributed by atoms with Gasteiger partial charge in [-0.15, -0.1) is 11.3 Å². The number of nitrogens with zero attached hydrogens (tertiary/aromatic N) is 2. The number of carbonyl (C=O) groups excluding carboxylic acids is 1. The highest BCUT2D eigenvalue weighted by atomic mass is 32.1. The molecule has 1 aromatic carbocycles. The minimum Gasteiger partial charge on any atom is -0.351 e. The Hall–Kier alpha value is -2.47. The number of H-pyrrole nitrogens is 1. The number of aromatic amines is 1. The van der Waals surface area contributed by atoms with E-state index in [2.05, 4.69) is 20.3 Å². The lowest BCUT2D eigenvalue weighted by Gasteiger charge is -1.96. The molecule has 2 aromatic heterocycles. The van der Waals surface area contributed by atoms with Crippen molar-refractivity contribution in [2.24, 2.45) is 0 Å². The fourth-order valence-corrected chi connectivity index (χ4v) is 3.36. The Bertz CT molecular complexity index is 822. The predicted molar refractivity (Wildman–Crippen MR) is 85.8 cm³/mol. The van der Waals surface area contributed by atoms with Crippen molar-refractivity contribution in [3.05, 3.63) is 47.1 Å². The number of hydrogen-bond donors (Lipinski definition) is 2. The van der Waals surface area contributed by atoms with Crippen molar-refractivity contribution in [1.29, 1.82) is 0 Å². The van der Waals surface area contributed by atoms with Crippen LogP contribution < -0.4 is 5.32 Å². The molecule has 6 heteroatoms. The van der Waals surface area contributed by atoms with Gasteiger partial charge in [-0.25, -0.2) is 9.97 Å². The van der Waals surface area contributed by atoms with E-state index < -0.39 is 0 Å².